The van der Waals surface area contributed by atoms with Crippen molar-refractivity contribution in [2.75, 3.05) is 25.4 Å². The van der Waals surface area contributed by atoms with Crippen LogP contribution < -0.4 is 5.32 Å². The van der Waals surface area contributed by atoms with Gasteiger partial charge in [-0.25, -0.2) is 9.78 Å². The van der Waals surface area contributed by atoms with Crippen LogP contribution in [-0.4, -0.2) is 63.3 Å². The normalized spacial score (nSPS) is 16.8. The summed E-state index contributed by atoms with van der Waals surface area (Å²) in [6, 6.07) is 6.12. The predicted molar refractivity (Wildman–Crippen MR) is 105 cm³/mol. The zero-order chi connectivity index (χ0) is 19.1. The molecule has 3 rings (SSSR count). The van der Waals surface area contributed by atoms with Crippen LogP contribution in [0.15, 0.2) is 34.1 Å². The molecule has 2 aromatic heterocycles. The van der Waals surface area contributed by atoms with Crippen molar-refractivity contribution in [1.29, 1.82) is 0 Å². The van der Waals surface area contributed by atoms with Gasteiger partial charge in [-0.15, -0.1) is 11.3 Å². The van der Waals surface area contributed by atoms with Crippen molar-refractivity contribution < 1.29 is 14.7 Å². The molecule has 1 unspecified atom stereocenters. The molecular formula is C18H22N4O3S2. The second-order valence-corrected chi connectivity index (χ2v) is 8.41. The largest absolute Gasteiger partial charge is 0.476 e. The molecule has 0 saturated carbocycles. The lowest BCUT2D eigenvalue weighted by molar-refractivity contribution is -0.128. The second-order valence-electron chi connectivity index (χ2n) is 6.21. The Labute approximate surface area is 166 Å². The number of rotatable bonds is 10. The van der Waals surface area contributed by atoms with E-state index in [-0.39, 0.29) is 17.6 Å². The Balaban J connectivity index is 1.40. The number of nitrogens with one attached hydrogen (secondary N) is 1. The van der Waals surface area contributed by atoms with Crippen LogP contribution in [0.1, 0.15) is 29.0 Å². The number of nitrogens with zero attached hydrogens (tertiary/aromatic N) is 3. The molecular weight excluding hydrogens is 384 g/mol. The molecule has 1 aliphatic rings. The lowest BCUT2D eigenvalue weighted by Crippen LogP contribution is -2.41. The monoisotopic (exact) mass is 406 g/mol. The summed E-state index contributed by atoms with van der Waals surface area (Å²) in [7, 11) is 0. The van der Waals surface area contributed by atoms with E-state index in [0.717, 1.165) is 36.0 Å². The maximum Gasteiger partial charge on any atom is 0.355 e. The lowest BCUT2D eigenvalue weighted by Gasteiger charge is -2.25. The fourth-order valence-electron chi connectivity index (χ4n) is 3.00. The van der Waals surface area contributed by atoms with Crippen molar-refractivity contribution in [2.24, 2.45) is 0 Å². The van der Waals surface area contributed by atoms with Gasteiger partial charge in [-0.1, -0.05) is 17.8 Å². The van der Waals surface area contributed by atoms with Crippen LogP contribution in [0.25, 0.3) is 0 Å². The number of carboxylic acids is 1. The van der Waals surface area contributed by atoms with Crippen LogP contribution in [0.4, 0.5) is 0 Å². The number of carboxylic acid groups (broad SMARTS) is 1. The number of thioether (sulfide) groups is 1. The minimum absolute atomic E-state index is 0.0785. The number of amides is 1. The smallest absolute Gasteiger partial charge is 0.355 e. The van der Waals surface area contributed by atoms with Crippen molar-refractivity contribution in [3.8, 4) is 0 Å². The van der Waals surface area contributed by atoms with E-state index in [1.807, 2.05) is 23.1 Å². The molecule has 1 fully saturated rings. The number of carbonyl (C=O) groups excluding carboxylic acids is 1. The number of hydrogen-bond acceptors (Lipinski definition) is 7. The first-order chi connectivity index (χ1) is 13.1. The Kier molecular flexibility index (Phi) is 7.19. The van der Waals surface area contributed by atoms with Crippen molar-refractivity contribution >= 4 is 35.0 Å². The number of likely N-dealkylation sites (tertiary alicyclic amines) is 1. The summed E-state index contributed by atoms with van der Waals surface area (Å²) in [5, 5.41) is 13.9. The van der Waals surface area contributed by atoms with Crippen LogP contribution in [-0.2, 0) is 11.2 Å². The van der Waals surface area contributed by atoms with Gasteiger partial charge in [0.05, 0.1) is 0 Å². The molecule has 0 spiro atoms. The van der Waals surface area contributed by atoms with E-state index in [9.17, 15) is 9.59 Å². The standard InChI is InChI=1S/C18H22N4O3S2/c23-16-5-4-14(11-19-8-6-13-3-1-2-7-20-13)22(16)9-10-26-18-21-15(12-27-18)17(24)25/h1-3,7,12,14,19H,4-6,8-11H2,(H,24,25). The summed E-state index contributed by atoms with van der Waals surface area (Å²) in [6.07, 6.45) is 4.14. The minimum Gasteiger partial charge on any atom is -0.476 e. The average Bonchev–Trinajstić information content (AvgIpc) is 3.28. The molecule has 1 amide bonds. The maximum absolute atomic E-state index is 12.2. The van der Waals surface area contributed by atoms with Gasteiger partial charge in [0.2, 0.25) is 5.91 Å². The fourth-order valence-corrected chi connectivity index (χ4v) is 4.81. The SMILES string of the molecule is O=C(O)c1csc(SCCN2C(=O)CCC2CNCCc2ccccn2)n1. The molecule has 1 aliphatic heterocycles. The van der Waals surface area contributed by atoms with E-state index in [4.69, 9.17) is 5.11 Å². The summed E-state index contributed by atoms with van der Waals surface area (Å²) in [4.78, 5) is 33.3. The topological polar surface area (TPSA) is 95.4 Å². The first-order valence-electron chi connectivity index (χ1n) is 8.85. The first kappa shape index (κ1) is 19.8. The highest BCUT2D eigenvalue weighted by Gasteiger charge is 2.30. The molecule has 2 N–H and O–H groups in total. The maximum atomic E-state index is 12.2. The van der Waals surface area contributed by atoms with Gasteiger partial charge in [-0.3, -0.25) is 9.78 Å². The summed E-state index contributed by atoms with van der Waals surface area (Å²) >= 11 is 2.82. The number of pyridine rings is 1. The second kappa shape index (κ2) is 9.82. The van der Waals surface area contributed by atoms with E-state index >= 15 is 0 Å². The number of carbonyl (C=O) groups is 2. The van der Waals surface area contributed by atoms with Gasteiger partial charge in [0.15, 0.2) is 10.0 Å². The van der Waals surface area contributed by atoms with Crippen molar-refractivity contribution in [3.63, 3.8) is 0 Å². The zero-order valence-corrected chi connectivity index (χ0v) is 16.5. The molecule has 1 atom stereocenters. The highest BCUT2D eigenvalue weighted by atomic mass is 32.2. The number of hydrogen-bond donors (Lipinski definition) is 2. The number of aromatic carboxylic acids is 1. The van der Waals surface area contributed by atoms with Gasteiger partial charge >= 0.3 is 5.97 Å². The molecule has 0 bridgehead atoms. The van der Waals surface area contributed by atoms with Crippen molar-refractivity contribution in [2.45, 2.75) is 29.6 Å². The first-order valence-corrected chi connectivity index (χ1v) is 10.7. The van der Waals surface area contributed by atoms with E-state index in [0.29, 0.717) is 18.7 Å². The van der Waals surface area contributed by atoms with Crippen molar-refractivity contribution in [1.82, 2.24) is 20.2 Å². The highest BCUT2D eigenvalue weighted by molar-refractivity contribution is 8.01. The van der Waals surface area contributed by atoms with Gasteiger partial charge in [0, 0.05) is 61.5 Å². The van der Waals surface area contributed by atoms with Crippen LogP contribution >= 0.6 is 23.1 Å². The van der Waals surface area contributed by atoms with Gasteiger partial charge < -0.3 is 15.3 Å². The number of thiazole rings is 1. The Morgan fingerprint density at radius 1 is 1.44 bits per heavy atom. The molecule has 9 heteroatoms. The Morgan fingerprint density at radius 2 is 2.33 bits per heavy atom. The molecule has 3 heterocycles. The van der Waals surface area contributed by atoms with E-state index < -0.39 is 5.97 Å². The van der Waals surface area contributed by atoms with Gasteiger partial charge in [0.1, 0.15) is 0 Å². The molecule has 27 heavy (non-hydrogen) atoms. The van der Waals surface area contributed by atoms with Crippen LogP contribution in [0.2, 0.25) is 0 Å². The summed E-state index contributed by atoms with van der Waals surface area (Å²) < 4.78 is 0.726. The fraction of sp³-hybridized carbons (Fsp3) is 0.444. The Bertz CT molecular complexity index is 769. The van der Waals surface area contributed by atoms with Gasteiger partial charge in [-0.2, -0.15) is 0 Å². The lowest BCUT2D eigenvalue weighted by atomic mass is 10.2. The molecule has 7 nitrogen and oxygen atoms in total. The van der Waals surface area contributed by atoms with Crippen LogP contribution in [0, 0.1) is 0 Å². The van der Waals surface area contributed by atoms with E-state index in [1.165, 1.54) is 23.1 Å². The minimum atomic E-state index is -1.01. The van der Waals surface area contributed by atoms with E-state index in [2.05, 4.69) is 15.3 Å². The van der Waals surface area contributed by atoms with Crippen molar-refractivity contribution in [3.05, 3.63) is 41.2 Å². The Hall–Kier alpha value is -1.97. The summed E-state index contributed by atoms with van der Waals surface area (Å²) in [5.41, 5.74) is 1.14. The number of aromatic nitrogens is 2. The quantitative estimate of drug-likeness (QED) is 0.461. The van der Waals surface area contributed by atoms with Gasteiger partial charge in [0.25, 0.3) is 0 Å². The zero-order valence-electron chi connectivity index (χ0n) is 14.8. The van der Waals surface area contributed by atoms with Crippen LogP contribution in [0.5, 0.6) is 0 Å². The molecule has 144 valence electrons. The third kappa shape index (κ3) is 5.75. The molecule has 0 aliphatic carbocycles. The Morgan fingerprint density at radius 3 is 3.07 bits per heavy atom. The molecule has 1 saturated heterocycles. The molecule has 2 aromatic rings. The summed E-state index contributed by atoms with van der Waals surface area (Å²) in [6.45, 7) is 2.27. The van der Waals surface area contributed by atoms with Gasteiger partial charge in [-0.05, 0) is 18.6 Å². The average molecular weight is 407 g/mol. The van der Waals surface area contributed by atoms with Crippen LogP contribution in [0.3, 0.4) is 0 Å². The summed E-state index contributed by atoms with van der Waals surface area (Å²) in [5.74, 6) is -0.106. The third-order valence-corrected chi connectivity index (χ3v) is 6.38. The highest BCUT2D eigenvalue weighted by Crippen LogP contribution is 2.24. The predicted octanol–water partition coefficient (Wildman–Crippen LogP) is 2.15. The molecule has 0 aromatic carbocycles. The molecule has 0 radical (unpaired) electrons. The van der Waals surface area contributed by atoms with E-state index in [1.54, 1.807) is 11.6 Å². The third-order valence-electron chi connectivity index (χ3n) is 4.38.